The third kappa shape index (κ3) is 6.03. The standard InChI is InChI=1S/C17H25N7O2.HI/c1-23(2)16(25)12-20-17(22-13-5-9-26-10-6-13)19-11-14-3-7-18-15-4-8-21-24(14)15;/h3-4,7-8,13H,5-6,9-12H2,1-2H3,(H2,19,20,22);1H. The van der Waals surface area contributed by atoms with Gasteiger partial charge in [0.2, 0.25) is 5.91 Å². The molecule has 1 aliphatic rings. The lowest BCUT2D eigenvalue weighted by atomic mass is 10.1. The molecule has 0 unspecified atom stereocenters. The molecule has 0 bridgehead atoms. The van der Waals surface area contributed by atoms with Crippen LogP contribution in [0.3, 0.4) is 0 Å². The topological polar surface area (TPSA) is 96.2 Å². The van der Waals surface area contributed by atoms with Crippen LogP contribution in [0.4, 0.5) is 0 Å². The summed E-state index contributed by atoms with van der Waals surface area (Å²) in [4.78, 5) is 22.3. The van der Waals surface area contributed by atoms with E-state index in [0.29, 0.717) is 12.5 Å². The van der Waals surface area contributed by atoms with Crippen LogP contribution in [-0.2, 0) is 16.1 Å². The normalized spacial score (nSPS) is 15.3. The molecule has 0 saturated carbocycles. The number of rotatable bonds is 5. The van der Waals surface area contributed by atoms with Gasteiger partial charge < -0.3 is 20.3 Å². The minimum atomic E-state index is -0.00939. The molecular formula is C17H26IN7O2. The van der Waals surface area contributed by atoms with Crippen molar-refractivity contribution in [1.82, 2.24) is 30.1 Å². The molecule has 1 amide bonds. The molecule has 1 saturated heterocycles. The van der Waals surface area contributed by atoms with Gasteiger partial charge in [-0.15, -0.1) is 24.0 Å². The maximum atomic E-state index is 11.9. The van der Waals surface area contributed by atoms with Gasteiger partial charge in [0.1, 0.15) is 0 Å². The number of nitrogens with one attached hydrogen (secondary N) is 2. The summed E-state index contributed by atoms with van der Waals surface area (Å²) < 4.78 is 7.16. The van der Waals surface area contributed by atoms with Crippen LogP contribution in [0.2, 0.25) is 0 Å². The molecule has 3 heterocycles. The maximum Gasteiger partial charge on any atom is 0.241 e. The number of fused-ring (bicyclic) bond motifs is 1. The van der Waals surface area contributed by atoms with Gasteiger partial charge in [0.25, 0.3) is 0 Å². The summed E-state index contributed by atoms with van der Waals surface area (Å²) in [5.41, 5.74) is 1.71. The Kier molecular flexibility index (Phi) is 8.23. The molecule has 2 N–H and O–H groups in total. The predicted octanol–water partition coefficient (Wildman–Crippen LogP) is 0.650. The highest BCUT2D eigenvalue weighted by molar-refractivity contribution is 14.0. The minimum Gasteiger partial charge on any atom is -0.381 e. The first-order valence-corrected chi connectivity index (χ1v) is 8.74. The first-order valence-electron chi connectivity index (χ1n) is 8.74. The van der Waals surface area contributed by atoms with E-state index in [2.05, 4.69) is 25.7 Å². The molecule has 0 spiro atoms. The lowest BCUT2D eigenvalue weighted by molar-refractivity contribution is -0.127. The molecule has 3 rings (SSSR count). The Morgan fingerprint density at radius 1 is 1.33 bits per heavy atom. The summed E-state index contributed by atoms with van der Waals surface area (Å²) in [6.45, 7) is 2.09. The molecule has 1 aliphatic heterocycles. The number of amides is 1. The molecule has 2 aromatic heterocycles. The van der Waals surface area contributed by atoms with Gasteiger partial charge in [0.15, 0.2) is 11.6 Å². The van der Waals surface area contributed by atoms with Crippen molar-refractivity contribution >= 4 is 41.5 Å². The number of halogens is 1. The third-order valence-electron chi connectivity index (χ3n) is 4.24. The summed E-state index contributed by atoms with van der Waals surface area (Å²) in [7, 11) is 3.47. The number of aromatic nitrogens is 3. The molecular weight excluding hydrogens is 461 g/mol. The number of hydrogen-bond acceptors (Lipinski definition) is 5. The van der Waals surface area contributed by atoms with Crippen LogP contribution in [0, 0.1) is 0 Å². The van der Waals surface area contributed by atoms with Gasteiger partial charge in [-0.2, -0.15) is 5.10 Å². The van der Waals surface area contributed by atoms with Crippen molar-refractivity contribution < 1.29 is 9.53 Å². The van der Waals surface area contributed by atoms with Crippen LogP contribution >= 0.6 is 24.0 Å². The summed E-state index contributed by atoms with van der Waals surface area (Å²) in [5.74, 6) is 0.606. The van der Waals surface area contributed by atoms with Crippen LogP contribution in [0.5, 0.6) is 0 Å². The zero-order valence-electron chi connectivity index (χ0n) is 15.6. The summed E-state index contributed by atoms with van der Waals surface area (Å²) in [5, 5.41) is 10.8. The van der Waals surface area contributed by atoms with E-state index in [9.17, 15) is 4.79 Å². The number of likely N-dealkylation sites (N-methyl/N-ethyl adjacent to an activating group) is 1. The Morgan fingerprint density at radius 2 is 2.11 bits per heavy atom. The second kappa shape index (κ2) is 10.4. The Morgan fingerprint density at radius 3 is 2.85 bits per heavy atom. The Hall–Kier alpha value is -1.95. The van der Waals surface area contributed by atoms with E-state index in [1.165, 1.54) is 0 Å². The lowest BCUT2D eigenvalue weighted by Gasteiger charge is -2.25. The van der Waals surface area contributed by atoms with Gasteiger partial charge in [0, 0.05) is 45.6 Å². The Bertz CT molecular complexity index is 771. The lowest BCUT2D eigenvalue weighted by Crippen LogP contribution is -2.48. The van der Waals surface area contributed by atoms with Crippen molar-refractivity contribution in [1.29, 1.82) is 0 Å². The molecule has 0 radical (unpaired) electrons. The molecule has 0 atom stereocenters. The second-order valence-electron chi connectivity index (χ2n) is 6.37. The summed E-state index contributed by atoms with van der Waals surface area (Å²) in [6.07, 6.45) is 5.29. The molecule has 0 aliphatic carbocycles. The van der Waals surface area contributed by atoms with Crippen LogP contribution < -0.4 is 10.6 Å². The van der Waals surface area contributed by atoms with Gasteiger partial charge in [-0.05, 0) is 18.9 Å². The predicted molar refractivity (Wildman–Crippen MR) is 113 cm³/mol. The van der Waals surface area contributed by atoms with E-state index in [-0.39, 0.29) is 42.5 Å². The first kappa shape index (κ1) is 21.4. The van der Waals surface area contributed by atoms with Crippen molar-refractivity contribution in [3.8, 4) is 0 Å². The average Bonchev–Trinajstić information content (AvgIpc) is 3.13. The molecule has 27 heavy (non-hydrogen) atoms. The molecule has 10 heteroatoms. The molecule has 1 fully saturated rings. The number of aliphatic imine (C=N–C) groups is 1. The summed E-state index contributed by atoms with van der Waals surface area (Å²) >= 11 is 0. The van der Waals surface area contributed by atoms with E-state index in [0.717, 1.165) is 37.4 Å². The highest BCUT2D eigenvalue weighted by Crippen LogP contribution is 2.07. The summed E-state index contributed by atoms with van der Waals surface area (Å²) in [6, 6.07) is 4.02. The largest absolute Gasteiger partial charge is 0.381 e. The SMILES string of the molecule is CN(C)C(=O)CNC(=NCc1ccnc2ccnn12)NC1CCOCC1.I. The van der Waals surface area contributed by atoms with Crippen molar-refractivity contribution in [2.75, 3.05) is 33.9 Å². The monoisotopic (exact) mass is 487 g/mol. The van der Waals surface area contributed by atoms with Crippen molar-refractivity contribution in [2.24, 2.45) is 4.99 Å². The smallest absolute Gasteiger partial charge is 0.241 e. The molecule has 9 nitrogen and oxygen atoms in total. The second-order valence-corrected chi connectivity index (χ2v) is 6.37. The zero-order valence-corrected chi connectivity index (χ0v) is 17.9. The van der Waals surface area contributed by atoms with Crippen molar-refractivity contribution in [3.05, 3.63) is 30.2 Å². The Balaban J connectivity index is 0.00000261. The van der Waals surface area contributed by atoms with Gasteiger partial charge in [-0.3, -0.25) is 4.79 Å². The van der Waals surface area contributed by atoms with Crippen LogP contribution in [-0.4, -0.2) is 71.3 Å². The van der Waals surface area contributed by atoms with E-state index >= 15 is 0 Å². The van der Waals surface area contributed by atoms with Crippen LogP contribution in [0.25, 0.3) is 5.65 Å². The molecule has 2 aromatic rings. The van der Waals surface area contributed by atoms with E-state index < -0.39 is 0 Å². The third-order valence-corrected chi connectivity index (χ3v) is 4.24. The fourth-order valence-corrected chi connectivity index (χ4v) is 2.67. The number of hydrogen-bond donors (Lipinski definition) is 2. The first-order chi connectivity index (χ1) is 12.6. The fourth-order valence-electron chi connectivity index (χ4n) is 2.67. The van der Waals surface area contributed by atoms with E-state index in [4.69, 9.17) is 4.74 Å². The van der Waals surface area contributed by atoms with Crippen molar-refractivity contribution in [2.45, 2.75) is 25.4 Å². The number of carbonyl (C=O) groups is 1. The van der Waals surface area contributed by atoms with E-state index in [1.807, 2.05) is 12.1 Å². The van der Waals surface area contributed by atoms with Gasteiger partial charge in [-0.1, -0.05) is 0 Å². The quantitative estimate of drug-likeness (QED) is 0.366. The maximum absolute atomic E-state index is 11.9. The number of nitrogens with zero attached hydrogens (tertiary/aromatic N) is 5. The average molecular weight is 487 g/mol. The van der Waals surface area contributed by atoms with Crippen molar-refractivity contribution in [3.63, 3.8) is 0 Å². The highest BCUT2D eigenvalue weighted by atomic mass is 127. The minimum absolute atomic E-state index is 0. The highest BCUT2D eigenvalue weighted by Gasteiger charge is 2.16. The van der Waals surface area contributed by atoms with Crippen LogP contribution in [0.1, 0.15) is 18.5 Å². The number of guanidine groups is 1. The van der Waals surface area contributed by atoms with Gasteiger partial charge in [0.05, 0.1) is 25.0 Å². The van der Waals surface area contributed by atoms with Crippen LogP contribution in [0.15, 0.2) is 29.5 Å². The van der Waals surface area contributed by atoms with Gasteiger partial charge >= 0.3 is 0 Å². The zero-order chi connectivity index (χ0) is 18.4. The number of carbonyl (C=O) groups excluding carboxylic acids is 1. The van der Waals surface area contributed by atoms with Gasteiger partial charge in [-0.25, -0.2) is 14.5 Å². The molecule has 0 aromatic carbocycles. The fraction of sp³-hybridized carbons (Fsp3) is 0.529. The van der Waals surface area contributed by atoms with E-state index in [1.54, 1.807) is 35.9 Å². The number of ether oxygens (including phenoxy) is 1. The molecule has 148 valence electrons. The Labute approximate surface area is 175 Å².